The van der Waals surface area contributed by atoms with Crippen molar-refractivity contribution in [3.63, 3.8) is 0 Å². The Bertz CT molecular complexity index is 49.5. The van der Waals surface area contributed by atoms with Gasteiger partial charge in [-0.25, -0.2) is 0 Å². The molecule has 0 aliphatic rings. The van der Waals surface area contributed by atoms with E-state index in [0.29, 0.717) is 0 Å². The topological polar surface area (TPSA) is 15.4 Å². The van der Waals surface area contributed by atoms with Crippen LogP contribution in [-0.2, 0) is 0 Å². The van der Waals surface area contributed by atoms with Crippen molar-refractivity contribution >= 4 is 9.39 Å². The maximum Gasteiger partial charge on any atom is 0.158 e. The minimum absolute atomic E-state index is 0. The van der Waals surface area contributed by atoms with E-state index in [4.69, 9.17) is 0 Å². The molecule has 0 fully saturated rings. The Kier molecular flexibility index (Phi) is 8.50. The fraction of sp³-hybridized carbons (Fsp3) is 1.00. The zero-order valence-corrected chi connectivity index (χ0v) is 5.76. The van der Waals surface area contributed by atoms with E-state index in [1.807, 2.05) is 14.1 Å². The molecule has 0 saturated carbocycles. The van der Waals surface area contributed by atoms with E-state index < -0.39 is 0 Å². The van der Waals surface area contributed by atoms with Crippen LogP contribution in [0, 0.1) is 0 Å². The summed E-state index contributed by atoms with van der Waals surface area (Å²) in [4.78, 5) is 3.64. The van der Waals surface area contributed by atoms with Gasteiger partial charge in [0.1, 0.15) is 0 Å². The Balaban J connectivity index is 0. The molecule has 0 bridgehead atoms. The van der Waals surface area contributed by atoms with E-state index in [2.05, 4.69) is 14.3 Å². The first-order chi connectivity index (χ1) is 2.27. The first-order valence-electron chi connectivity index (χ1n) is 1.35. The average molecular weight is 127 g/mol. The number of hydrogen-bond acceptors (Lipinski definition) is 1. The van der Waals surface area contributed by atoms with Gasteiger partial charge in [-0.1, -0.05) is 0 Å². The summed E-state index contributed by atoms with van der Waals surface area (Å²) >= 11 is 0. The summed E-state index contributed by atoms with van der Waals surface area (Å²) in [6.45, 7) is 0. The lowest BCUT2D eigenvalue weighted by molar-refractivity contribution is -0.526. The van der Waals surface area contributed by atoms with Gasteiger partial charge in [0.15, 0.2) is 14.1 Å². The van der Waals surface area contributed by atoms with Gasteiger partial charge < -0.3 is 12.4 Å². The van der Waals surface area contributed by atoms with Crippen LogP contribution < -0.4 is 12.4 Å². The molecule has 0 aliphatic carbocycles. The van der Waals surface area contributed by atoms with Crippen molar-refractivity contribution in [2.24, 2.45) is 4.88 Å². The summed E-state index contributed by atoms with van der Waals surface area (Å²) in [5.41, 5.74) is 0. The van der Waals surface area contributed by atoms with Gasteiger partial charge in [-0.05, 0) is 4.88 Å². The van der Waals surface area contributed by atoms with Crippen LogP contribution in [0.5, 0.6) is 0 Å². The van der Waals surface area contributed by atoms with Crippen molar-refractivity contribution in [1.82, 2.24) is 0 Å². The molecule has 6 heavy (non-hydrogen) atoms. The molecule has 0 aromatic heterocycles. The normalized spacial score (nSPS) is 5.83. The lowest BCUT2D eigenvalue weighted by atomic mass is 11.2. The number of rotatable bonds is 0. The second-order valence-corrected chi connectivity index (χ2v) is 1.19. The summed E-state index contributed by atoms with van der Waals surface area (Å²) in [5.74, 6) is 0. The first kappa shape index (κ1) is 9.58. The molecule has 0 aliphatic heterocycles. The summed E-state index contributed by atoms with van der Waals surface area (Å²) in [5, 5.41) is 0. The van der Waals surface area contributed by atoms with Crippen LogP contribution in [0.25, 0.3) is 0 Å². The Morgan fingerprint density at radius 1 is 1.50 bits per heavy atom. The SMILES string of the molecule is C[N+](C)=NP.[Cl-]. The van der Waals surface area contributed by atoms with E-state index in [9.17, 15) is 0 Å². The monoisotopic (exact) mass is 126 g/mol. The maximum atomic E-state index is 3.64. The fourth-order valence-corrected chi connectivity index (χ4v) is 0. The number of hydrogen-bond donors (Lipinski definition) is 0. The van der Waals surface area contributed by atoms with Gasteiger partial charge in [-0.2, -0.15) is 0 Å². The van der Waals surface area contributed by atoms with Gasteiger partial charge >= 0.3 is 0 Å². The average Bonchev–Trinajstić information content (AvgIpc) is 1.38. The molecule has 1 atom stereocenters. The van der Waals surface area contributed by atoms with Gasteiger partial charge in [0.05, 0.1) is 9.39 Å². The van der Waals surface area contributed by atoms with Crippen molar-refractivity contribution in [3.8, 4) is 0 Å². The zero-order chi connectivity index (χ0) is 4.28. The van der Waals surface area contributed by atoms with Gasteiger partial charge in [0, 0.05) is 0 Å². The molecule has 0 aromatic rings. The van der Waals surface area contributed by atoms with Gasteiger partial charge in [0.25, 0.3) is 0 Å². The highest BCUT2D eigenvalue weighted by Crippen LogP contribution is 1.76. The predicted molar refractivity (Wildman–Crippen MR) is 24.2 cm³/mol. The van der Waals surface area contributed by atoms with Crippen molar-refractivity contribution in [1.29, 1.82) is 0 Å². The zero-order valence-electron chi connectivity index (χ0n) is 3.85. The molecule has 0 amide bonds. The largest absolute Gasteiger partial charge is 1.00 e. The molecular weight excluding hydrogens is 118 g/mol. The van der Waals surface area contributed by atoms with Crippen LogP contribution in [0.2, 0.25) is 0 Å². The molecule has 0 spiro atoms. The fourth-order valence-electron chi connectivity index (χ4n) is 0. The molecule has 1 unspecified atom stereocenters. The predicted octanol–water partition coefficient (Wildman–Crippen LogP) is -2.50. The molecule has 38 valence electrons. The molecular formula is C2H8ClN2P. The van der Waals surface area contributed by atoms with Crippen LogP contribution in [0.4, 0.5) is 0 Å². The second-order valence-electron chi connectivity index (χ2n) is 0.963. The lowest BCUT2D eigenvalue weighted by Gasteiger charge is -1.68. The molecule has 0 heterocycles. The molecule has 0 N–H and O–H groups in total. The lowest BCUT2D eigenvalue weighted by Crippen LogP contribution is -3.00. The smallest absolute Gasteiger partial charge is 0.158 e. The highest BCUT2D eigenvalue weighted by molar-refractivity contribution is 7.14. The van der Waals surface area contributed by atoms with Crippen molar-refractivity contribution in [3.05, 3.63) is 0 Å². The summed E-state index contributed by atoms with van der Waals surface area (Å²) in [6, 6.07) is 0. The third-order valence-electron chi connectivity index (χ3n) is 0.231. The highest BCUT2D eigenvalue weighted by atomic mass is 35.5. The van der Waals surface area contributed by atoms with Gasteiger partial charge in [0.2, 0.25) is 0 Å². The van der Waals surface area contributed by atoms with E-state index in [0.717, 1.165) is 0 Å². The van der Waals surface area contributed by atoms with Crippen LogP contribution >= 0.6 is 9.39 Å². The quantitative estimate of drug-likeness (QED) is 0.194. The first-order valence-corrected chi connectivity index (χ1v) is 1.87. The molecule has 0 aromatic carbocycles. The molecule has 0 saturated heterocycles. The summed E-state index contributed by atoms with van der Waals surface area (Å²) in [7, 11) is 5.98. The van der Waals surface area contributed by atoms with Crippen LogP contribution in [0.1, 0.15) is 0 Å². The van der Waals surface area contributed by atoms with Crippen molar-refractivity contribution in [2.45, 2.75) is 0 Å². The second kappa shape index (κ2) is 5.32. The minimum Gasteiger partial charge on any atom is -1.00 e. The van der Waals surface area contributed by atoms with Crippen LogP contribution in [0.3, 0.4) is 0 Å². The Morgan fingerprint density at radius 3 is 1.67 bits per heavy atom. The molecule has 0 radical (unpaired) electrons. The third kappa shape index (κ3) is 8.85. The van der Waals surface area contributed by atoms with E-state index in [-0.39, 0.29) is 12.4 Å². The van der Waals surface area contributed by atoms with Crippen LogP contribution in [0.15, 0.2) is 4.88 Å². The van der Waals surface area contributed by atoms with E-state index in [1.165, 1.54) is 0 Å². The molecule has 4 heteroatoms. The van der Waals surface area contributed by atoms with Crippen LogP contribution in [-0.4, -0.2) is 18.8 Å². The Hall–Kier alpha value is 0.320. The third-order valence-corrected chi connectivity index (χ3v) is 0.693. The Morgan fingerprint density at radius 2 is 1.67 bits per heavy atom. The number of halogens is 1. The summed E-state index contributed by atoms with van der Waals surface area (Å²) in [6.07, 6.45) is 0. The van der Waals surface area contributed by atoms with Gasteiger partial charge in [-0.3, -0.25) is 0 Å². The van der Waals surface area contributed by atoms with Crippen molar-refractivity contribution in [2.75, 3.05) is 14.1 Å². The standard InChI is InChI=1S/C2H8N2P.ClH/c1-4(2)3-5;/h5H2,1-2H3;1H/q+1;/p-1. The minimum atomic E-state index is 0. The molecule has 2 nitrogen and oxygen atoms in total. The van der Waals surface area contributed by atoms with E-state index in [1.54, 1.807) is 4.70 Å². The summed E-state index contributed by atoms with van der Waals surface area (Å²) < 4.78 is 1.71. The Labute approximate surface area is 46.3 Å². The van der Waals surface area contributed by atoms with Crippen molar-refractivity contribution < 1.29 is 17.1 Å². The molecule has 0 rings (SSSR count). The number of nitrogens with zero attached hydrogens (tertiary/aromatic N) is 2. The highest BCUT2D eigenvalue weighted by Gasteiger charge is 1.67. The van der Waals surface area contributed by atoms with E-state index >= 15 is 0 Å². The van der Waals surface area contributed by atoms with Gasteiger partial charge in [-0.15, -0.1) is 4.70 Å². The maximum absolute atomic E-state index is 3.64.